The zero-order valence-electron chi connectivity index (χ0n) is 16.9. The number of tetrazole rings is 1. The van der Waals surface area contributed by atoms with Gasteiger partial charge in [0.05, 0.1) is 34.9 Å². The van der Waals surface area contributed by atoms with Crippen molar-refractivity contribution < 1.29 is 19.5 Å². The number of nitrogens with two attached hydrogens (primary N) is 1. The molecular weight excluding hydrogens is 452 g/mol. The smallest absolute Gasteiger partial charge is 0.305 e. The molecule has 3 aromatic rings. The van der Waals surface area contributed by atoms with Crippen molar-refractivity contribution in [3.63, 3.8) is 0 Å². The molecule has 2 aromatic carbocycles. The third kappa shape index (κ3) is 4.23. The molecule has 2 heterocycles. The maximum Gasteiger partial charge on any atom is 0.305 e. The molecule has 2 amide bonds. The number of carbonyl (C=O) groups excluding carboxylic acids is 2. The van der Waals surface area contributed by atoms with Crippen LogP contribution in [0.4, 0.5) is 5.69 Å². The first-order valence-corrected chi connectivity index (χ1v) is 10.0. The molecule has 168 valence electrons. The number of nitrogens with zero attached hydrogens (tertiary/aromatic N) is 5. The van der Waals surface area contributed by atoms with E-state index in [1.54, 1.807) is 18.2 Å². The second-order valence-corrected chi connectivity index (χ2v) is 7.52. The number of benzene rings is 2. The number of aromatic nitrogens is 4. The van der Waals surface area contributed by atoms with Crippen LogP contribution in [0, 0.1) is 5.41 Å². The van der Waals surface area contributed by atoms with Gasteiger partial charge >= 0.3 is 5.97 Å². The van der Waals surface area contributed by atoms with Crippen LogP contribution in [0.1, 0.15) is 38.5 Å². The highest BCUT2D eigenvalue weighted by atomic mass is 35.5. The number of hydrogen-bond acceptors (Lipinski definition) is 7. The SMILES string of the molecule is N=C(N)c1ccc(C(=O)Nc2ccc3c(c2Cl)C(=O)N(CCC(=O)O)Cc2nnnn2-3)cc1. The van der Waals surface area contributed by atoms with Crippen LogP contribution in [0.15, 0.2) is 36.4 Å². The summed E-state index contributed by atoms with van der Waals surface area (Å²) in [6, 6.07) is 9.17. The lowest BCUT2D eigenvalue weighted by Crippen LogP contribution is -2.32. The van der Waals surface area contributed by atoms with Gasteiger partial charge in [-0.3, -0.25) is 19.8 Å². The van der Waals surface area contributed by atoms with E-state index in [1.807, 2.05) is 0 Å². The Morgan fingerprint density at radius 3 is 2.55 bits per heavy atom. The largest absolute Gasteiger partial charge is 0.481 e. The van der Waals surface area contributed by atoms with Crippen LogP contribution in [-0.2, 0) is 11.3 Å². The Morgan fingerprint density at radius 1 is 1.18 bits per heavy atom. The molecule has 0 spiro atoms. The summed E-state index contributed by atoms with van der Waals surface area (Å²) in [6.45, 7) is -0.0792. The van der Waals surface area contributed by atoms with Crippen molar-refractivity contribution in [3.05, 3.63) is 63.9 Å². The van der Waals surface area contributed by atoms with E-state index in [4.69, 9.17) is 27.9 Å². The Morgan fingerprint density at radius 2 is 1.88 bits per heavy atom. The van der Waals surface area contributed by atoms with Gasteiger partial charge in [0, 0.05) is 17.7 Å². The molecule has 1 aliphatic rings. The average molecular weight is 469 g/mol. The van der Waals surface area contributed by atoms with E-state index in [0.717, 1.165) is 0 Å². The molecule has 1 aliphatic heterocycles. The quantitative estimate of drug-likeness (QED) is 0.308. The third-order valence-electron chi connectivity index (χ3n) is 5.02. The number of anilines is 1. The fraction of sp³-hybridized carbons (Fsp3) is 0.150. The maximum absolute atomic E-state index is 13.3. The Hall–Kier alpha value is -4.32. The molecule has 12 nitrogen and oxygen atoms in total. The van der Waals surface area contributed by atoms with Gasteiger partial charge < -0.3 is 21.1 Å². The molecule has 13 heteroatoms. The number of amidine groups is 1. The van der Waals surface area contributed by atoms with Crippen LogP contribution >= 0.6 is 11.6 Å². The summed E-state index contributed by atoms with van der Waals surface area (Å²) >= 11 is 6.55. The van der Waals surface area contributed by atoms with Crippen molar-refractivity contribution >= 4 is 40.9 Å². The normalized spacial score (nSPS) is 12.5. The Balaban J connectivity index is 1.69. The number of aliphatic carboxylic acids is 1. The standard InChI is InChI=1S/C20H17ClN8O4/c21-17-12(24-19(32)11-3-1-10(2-4-11)18(22)23)5-6-13-16(17)20(33)28(8-7-15(30)31)9-14-25-26-27-29(13)14/h1-6H,7-9H2,(H3,22,23)(H,24,32)(H,30,31). The minimum absolute atomic E-state index is 0.00564. The lowest BCUT2D eigenvalue weighted by Gasteiger charge is -2.20. The molecule has 0 fully saturated rings. The average Bonchev–Trinajstić information content (AvgIpc) is 3.21. The second kappa shape index (κ2) is 8.67. The topological polar surface area (TPSA) is 180 Å². The summed E-state index contributed by atoms with van der Waals surface area (Å²) in [5.74, 6) is -1.85. The number of carboxylic acids is 1. The Kier molecular flexibility index (Phi) is 5.75. The van der Waals surface area contributed by atoms with Crippen molar-refractivity contribution in [3.8, 4) is 5.69 Å². The maximum atomic E-state index is 13.3. The Bertz CT molecular complexity index is 1290. The molecule has 0 saturated heterocycles. The molecule has 1 aromatic heterocycles. The van der Waals surface area contributed by atoms with Crippen molar-refractivity contribution in [2.45, 2.75) is 13.0 Å². The first-order chi connectivity index (χ1) is 15.8. The van der Waals surface area contributed by atoms with Crippen LogP contribution in [-0.4, -0.2) is 60.4 Å². The van der Waals surface area contributed by atoms with Crippen LogP contribution in [0.3, 0.4) is 0 Å². The molecule has 0 radical (unpaired) electrons. The zero-order valence-corrected chi connectivity index (χ0v) is 17.7. The number of halogens is 1. The number of carbonyl (C=O) groups is 3. The lowest BCUT2D eigenvalue weighted by atomic mass is 10.1. The summed E-state index contributed by atoms with van der Waals surface area (Å²) in [7, 11) is 0. The number of carboxylic acid groups (broad SMARTS) is 1. The number of nitrogens with one attached hydrogen (secondary N) is 2. The van der Waals surface area contributed by atoms with Crippen LogP contribution in [0.5, 0.6) is 0 Å². The summed E-state index contributed by atoms with van der Waals surface area (Å²) in [5.41, 5.74) is 6.73. The second-order valence-electron chi connectivity index (χ2n) is 7.14. The van der Waals surface area contributed by atoms with Gasteiger partial charge in [-0.25, -0.2) is 0 Å². The third-order valence-corrected chi connectivity index (χ3v) is 5.41. The first kappa shape index (κ1) is 21.9. The van der Waals surface area contributed by atoms with Crippen LogP contribution in [0.25, 0.3) is 5.69 Å². The van der Waals surface area contributed by atoms with E-state index in [9.17, 15) is 14.4 Å². The molecule has 4 rings (SSSR count). The zero-order chi connectivity index (χ0) is 23.7. The summed E-state index contributed by atoms with van der Waals surface area (Å²) in [6.07, 6.45) is -0.271. The molecule has 33 heavy (non-hydrogen) atoms. The van der Waals surface area contributed by atoms with Gasteiger partial charge in [-0.2, -0.15) is 4.68 Å². The van der Waals surface area contributed by atoms with E-state index in [2.05, 4.69) is 20.8 Å². The molecule has 5 N–H and O–H groups in total. The van der Waals surface area contributed by atoms with E-state index in [0.29, 0.717) is 22.6 Å². The van der Waals surface area contributed by atoms with Gasteiger partial charge in [-0.05, 0) is 34.7 Å². The molecule has 0 atom stereocenters. The van der Waals surface area contributed by atoms with Crippen LogP contribution in [0.2, 0.25) is 5.02 Å². The van der Waals surface area contributed by atoms with Gasteiger partial charge in [-0.1, -0.05) is 23.7 Å². The summed E-state index contributed by atoms with van der Waals surface area (Å²) < 4.78 is 1.35. The molecule has 0 unspecified atom stereocenters. The van der Waals surface area contributed by atoms with E-state index < -0.39 is 17.8 Å². The highest BCUT2D eigenvalue weighted by Crippen LogP contribution is 2.34. The van der Waals surface area contributed by atoms with Gasteiger partial charge in [0.25, 0.3) is 11.8 Å². The van der Waals surface area contributed by atoms with E-state index in [-0.39, 0.29) is 41.6 Å². The number of fused-ring (bicyclic) bond motifs is 3. The summed E-state index contributed by atoms with van der Waals surface area (Å²) in [4.78, 5) is 38.3. The molecule has 0 bridgehead atoms. The number of nitrogen functional groups attached to an aromatic ring is 1. The summed E-state index contributed by atoms with van der Waals surface area (Å²) in [5, 5.41) is 30.5. The van der Waals surface area contributed by atoms with Crippen molar-refractivity contribution in [1.82, 2.24) is 25.1 Å². The fourth-order valence-corrected chi connectivity index (χ4v) is 3.63. The Labute approximate surface area is 191 Å². The highest BCUT2D eigenvalue weighted by Gasteiger charge is 2.31. The van der Waals surface area contributed by atoms with Gasteiger partial charge in [0.2, 0.25) is 0 Å². The molecule has 0 aliphatic carbocycles. The molecule has 0 saturated carbocycles. The fourth-order valence-electron chi connectivity index (χ4n) is 3.34. The predicted molar refractivity (Wildman–Crippen MR) is 117 cm³/mol. The number of rotatable bonds is 6. The number of hydrogen-bond donors (Lipinski definition) is 4. The van der Waals surface area contributed by atoms with Gasteiger partial charge in [0.1, 0.15) is 5.84 Å². The monoisotopic (exact) mass is 468 g/mol. The van der Waals surface area contributed by atoms with Gasteiger partial charge in [-0.15, -0.1) is 5.10 Å². The van der Waals surface area contributed by atoms with Crippen molar-refractivity contribution in [2.24, 2.45) is 5.73 Å². The van der Waals surface area contributed by atoms with E-state index in [1.165, 1.54) is 27.8 Å². The van der Waals surface area contributed by atoms with Crippen LogP contribution < -0.4 is 11.1 Å². The van der Waals surface area contributed by atoms with Gasteiger partial charge in [0.15, 0.2) is 5.82 Å². The van der Waals surface area contributed by atoms with E-state index >= 15 is 0 Å². The van der Waals surface area contributed by atoms with Crippen molar-refractivity contribution in [1.29, 1.82) is 5.41 Å². The minimum atomic E-state index is -1.06. The predicted octanol–water partition coefficient (Wildman–Crippen LogP) is 1.28. The molecular formula is C20H17ClN8O4. The van der Waals surface area contributed by atoms with Crippen molar-refractivity contribution in [2.75, 3.05) is 11.9 Å². The lowest BCUT2D eigenvalue weighted by molar-refractivity contribution is -0.137. The minimum Gasteiger partial charge on any atom is -0.481 e. The number of amides is 2. The highest BCUT2D eigenvalue weighted by molar-refractivity contribution is 6.37. The first-order valence-electron chi connectivity index (χ1n) is 9.63.